The van der Waals surface area contributed by atoms with E-state index in [0.29, 0.717) is 25.6 Å². The molecule has 0 aliphatic carbocycles. The molecule has 1 fully saturated rings. The Hall–Kier alpha value is -0.170. The van der Waals surface area contributed by atoms with Crippen molar-refractivity contribution in [3.05, 3.63) is 0 Å². The van der Waals surface area contributed by atoms with Crippen LogP contribution < -0.4 is 5.32 Å². The number of hydrogen-bond donors (Lipinski definition) is 2. The fourth-order valence-electron chi connectivity index (χ4n) is 2.50. The zero-order valence-corrected chi connectivity index (χ0v) is 13.2. The molecule has 19 heavy (non-hydrogen) atoms. The van der Waals surface area contributed by atoms with Crippen LogP contribution in [0.5, 0.6) is 0 Å². The van der Waals surface area contributed by atoms with Gasteiger partial charge in [-0.3, -0.25) is 0 Å². The van der Waals surface area contributed by atoms with Gasteiger partial charge >= 0.3 is 0 Å². The minimum atomic E-state index is -3.07. The van der Waals surface area contributed by atoms with Crippen molar-refractivity contribution in [3.8, 4) is 0 Å². The lowest BCUT2D eigenvalue weighted by atomic mass is 9.96. The van der Waals surface area contributed by atoms with Crippen molar-refractivity contribution in [2.45, 2.75) is 45.1 Å². The van der Waals surface area contributed by atoms with E-state index in [4.69, 9.17) is 0 Å². The Morgan fingerprint density at radius 2 is 2.00 bits per heavy atom. The highest BCUT2D eigenvalue weighted by molar-refractivity contribution is 7.88. The number of piperidine rings is 1. The highest BCUT2D eigenvalue weighted by Gasteiger charge is 2.27. The lowest BCUT2D eigenvalue weighted by Gasteiger charge is -2.32. The number of hydrogen-bond acceptors (Lipinski definition) is 4. The van der Waals surface area contributed by atoms with Gasteiger partial charge in [0.25, 0.3) is 0 Å². The van der Waals surface area contributed by atoms with Gasteiger partial charge in [0.2, 0.25) is 10.0 Å². The zero-order chi connectivity index (χ0) is 14.5. The van der Waals surface area contributed by atoms with Crippen LogP contribution in [0.25, 0.3) is 0 Å². The van der Waals surface area contributed by atoms with Gasteiger partial charge in [-0.2, -0.15) is 0 Å². The summed E-state index contributed by atoms with van der Waals surface area (Å²) in [5, 5.41) is 13.5. The first kappa shape index (κ1) is 16.9. The predicted octanol–water partition coefficient (Wildman–Crippen LogP) is 0.799. The van der Waals surface area contributed by atoms with E-state index in [1.807, 2.05) is 13.8 Å². The fraction of sp³-hybridized carbons (Fsp3) is 1.00. The molecular weight excluding hydrogens is 264 g/mol. The first-order chi connectivity index (χ1) is 8.80. The Balaban J connectivity index is 2.38. The molecule has 114 valence electrons. The number of aliphatic hydroxyl groups is 1. The van der Waals surface area contributed by atoms with Crippen LogP contribution >= 0.6 is 0 Å². The van der Waals surface area contributed by atoms with E-state index in [0.717, 1.165) is 32.2 Å². The van der Waals surface area contributed by atoms with E-state index in [1.54, 1.807) is 4.31 Å². The van der Waals surface area contributed by atoms with E-state index in [1.165, 1.54) is 6.26 Å². The third-order valence-corrected chi connectivity index (χ3v) is 5.42. The summed E-state index contributed by atoms with van der Waals surface area (Å²) in [4.78, 5) is 0. The number of nitrogens with one attached hydrogen (secondary N) is 1. The van der Waals surface area contributed by atoms with Gasteiger partial charge in [0.1, 0.15) is 0 Å². The third-order valence-electron chi connectivity index (χ3n) is 4.15. The van der Waals surface area contributed by atoms with E-state index >= 15 is 0 Å². The summed E-state index contributed by atoms with van der Waals surface area (Å²) >= 11 is 0. The summed E-state index contributed by atoms with van der Waals surface area (Å²) in [6, 6.07) is 0. The molecule has 0 bridgehead atoms. The standard InChI is InChI=1S/C13H28N2O3S/c1-4-13(16,5-2)11-14-9-12-7-6-8-15(10-12)19(3,17)18/h12,14,16H,4-11H2,1-3H3. The zero-order valence-electron chi connectivity index (χ0n) is 12.4. The van der Waals surface area contributed by atoms with Crippen LogP contribution in [-0.4, -0.2) is 55.9 Å². The molecule has 1 rings (SSSR count). The van der Waals surface area contributed by atoms with Crippen LogP contribution in [0.15, 0.2) is 0 Å². The van der Waals surface area contributed by atoms with Crippen LogP contribution in [0.4, 0.5) is 0 Å². The first-order valence-corrected chi connectivity index (χ1v) is 9.04. The quantitative estimate of drug-likeness (QED) is 0.728. The Morgan fingerprint density at radius 3 is 2.53 bits per heavy atom. The maximum atomic E-state index is 11.5. The van der Waals surface area contributed by atoms with Crippen molar-refractivity contribution in [1.29, 1.82) is 0 Å². The van der Waals surface area contributed by atoms with E-state index in [2.05, 4.69) is 5.32 Å². The molecule has 0 spiro atoms. The van der Waals surface area contributed by atoms with E-state index in [9.17, 15) is 13.5 Å². The topological polar surface area (TPSA) is 69.6 Å². The maximum absolute atomic E-state index is 11.5. The molecule has 0 radical (unpaired) electrons. The summed E-state index contributed by atoms with van der Waals surface area (Å²) in [5.74, 6) is 0.349. The molecule has 1 heterocycles. The molecule has 0 aromatic rings. The lowest BCUT2D eigenvalue weighted by molar-refractivity contribution is 0.0312. The molecule has 6 heteroatoms. The highest BCUT2D eigenvalue weighted by atomic mass is 32.2. The van der Waals surface area contributed by atoms with Gasteiger partial charge in [-0.15, -0.1) is 0 Å². The van der Waals surface area contributed by atoms with Crippen LogP contribution in [0.2, 0.25) is 0 Å². The lowest BCUT2D eigenvalue weighted by Crippen LogP contribution is -2.45. The SMILES string of the molecule is CCC(O)(CC)CNCC1CCCN(S(C)(=O)=O)C1. The van der Waals surface area contributed by atoms with Crippen molar-refractivity contribution in [2.24, 2.45) is 5.92 Å². The van der Waals surface area contributed by atoms with Gasteiger partial charge in [0.15, 0.2) is 0 Å². The summed E-state index contributed by atoms with van der Waals surface area (Å²) < 4.78 is 24.6. The molecule has 0 amide bonds. The Bertz CT molecular complexity index is 366. The third kappa shape index (κ3) is 5.38. The van der Waals surface area contributed by atoms with Gasteiger partial charge in [0.05, 0.1) is 11.9 Å². The molecule has 1 atom stereocenters. The average Bonchev–Trinajstić information content (AvgIpc) is 2.38. The van der Waals surface area contributed by atoms with Crippen molar-refractivity contribution in [3.63, 3.8) is 0 Å². The van der Waals surface area contributed by atoms with Gasteiger partial charge in [0, 0.05) is 19.6 Å². The van der Waals surface area contributed by atoms with Crippen molar-refractivity contribution >= 4 is 10.0 Å². The molecule has 1 saturated heterocycles. The van der Waals surface area contributed by atoms with Crippen LogP contribution in [-0.2, 0) is 10.0 Å². The number of sulfonamides is 1. The molecular formula is C13H28N2O3S. The highest BCUT2D eigenvalue weighted by Crippen LogP contribution is 2.18. The first-order valence-electron chi connectivity index (χ1n) is 7.19. The smallest absolute Gasteiger partial charge is 0.211 e. The van der Waals surface area contributed by atoms with Crippen LogP contribution in [0.1, 0.15) is 39.5 Å². The largest absolute Gasteiger partial charge is 0.389 e. The number of nitrogens with zero attached hydrogens (tertiary/aromatic N) is 1. The summed E-state index contributed by atoms with van der Waals surface area (Å²) in [6.45, 7) is 6.56. The molecule has 0 aromatic carbocycles. The Labute approximate surface area is 117 Å². The minimum Gasteiger partial charge on any atom is -0.389 e. The van der Waals surface area contributed by atoms with Crippen LogP contribution in [0.3, 0.4) is 0 Å². The minimum absolute atomic E-state index is 0.349. The number of rotatable bonds is 7. The second-order valence-corrected chi connectivity index (χ2v) is 7.67. The molecule has 1 unspecified atom stereocenters. The normalized spacial score (nSPS) is 22.6. The fourth-order valence-corrected chi connectivity index (χ4v) is 3.45. The van der Waals surface area contributed by atoms with Crippen LogP contribution in [0, 0.1) is 5.92 Å². The van der Waals surface area contributed by atoms with E-state index < -0.39 is 15.6 Å². The van der Waals surface area contributed by atoms with Crippen molar-refractivity contribution < 1.29 is 13.5 Å². The Kier molecular flexibility index (Phi) is 6.23. The van der Waals surface area contributed by atoms with Gasteiger partial charge in [-0.05, 0) is 38.1 Å². The molecule has 1 aliphatic rings. The monoisotopic (exact) mass is 292 g/mol. The summed E-state index contributed by atoms with van der Waals surface area (Å²) in [5.41, 5.74) is -0.634. The predicted molar refractivity (Wildman–Crippen MR) is 77.5 cm³/mol. The van der Waals surface area contributed by atoms with Gasteiger partial charge in [-0.1, -0.05) is 13.8 Å². The molecule has 0 aromatic heterocycles. The maximum Gasteiger partial charge on any atom is 0.211 e. The van der Waals surface area contributed by atoms with Crippen molar-refractivity contribution in [1.82, 2.24) is 9.62 Å². The van der Waals surface area contributed by atoms with E-state index in [-0.39, 0.29) is 0 Å². The van der Waals surface area contributed by atoms with Gasteiger partial charge < -0.3 is 10.4 Å². The molecule has 5 nitrogen and oxygen atoms in total. The van der Waals surface area contributed by atoms with Crippen molar-refractivity contribution in [2.75, 3.05) is 32.4 Å². The molecule has 0 saturated carbocycles. The second kappa shape index (κ2) is 7.02. The summed E-state index contributed by atoms with van der Waals surface area (Å²) in [6.07, 6.45) is 4.71. The molecule has 2 N–H and O–H groups in total. The second-order valence-electron chi connectivity index (χ2n) is 5.69. The van der Waals surface area contributed by atoms with Gasteiger partial charge in [-0.25, -0.2) is 12.7 Å². The molecule has 1 aliphatic heterocycles. The summed E-state index contributed by atoms with van der Waals surface area (Å²) in [7, 11) is -3.07. The Morgan fingerprint density at radius 1 is 1.37 bits per heavy atom. The average molecular weight is 292 g/mol.